The zero-order valence-corrected chi connectivity index (χ0v) is 9.41. The van der Waals surface area contributed by atoms with Gasteiger partial charge in [0, 0.05) is 19.0 Å². The van der Waals surface area contributed by atoms with Crippen LogP contribution in [0.3, 0.4) is 0 Å². The molecule has 0 saturated carbocycles. The molecule has 0 radical (unpaired) electrons. The number of hydrogen-bond donors (Lipinski definition) is 2. The van der Waals surface area contributed by atoms with Crippen molar-refractivity contribution in [3.63, 3.8) is 0 Å². The fourth-order valence-corrected chi connectivity index (χ4v) is 1.87. The highest BCUT2D eigenvalue weighted by atomic mass is 16.6. The van der Waals surface area contributed by atoms with Gasteiger partial charge in [-0.25, -0.2) is 0 Å². The molecule has 0 aliphatic carbocycles. The SMILES string of the molecule is O=C(O)[C@@H]1CC(Oc2ccccc2[N+](=O)[O-])CN1. The zero-order chi connectivity index (χ0) is 13.1. The van der Waals surface area contributed by atoms with Crippen molar-refractivity contribution >= 4 is 11.7 Å². The van der Waals surface area contributed by atoms with Crippen molar-refractivity contribution in [1.82, 2.24) is 5.32 Å². The quantitative estimate of drug-likeness (QED) is 0.606. The van der Waals surface area contributed by atoms with E-state index >= 15 is 0 Å². The minimum absolute atomic E-state index is 0.115. The Balaban J connectivity index is 2.07. The molecule has 1 heterocycles. The first-order valence-corrected chi connectivity index (χ1v) is 5.44. The number of carbonyl (C=O) groups is 1. The summed E-state index contributed by atoms with van der Waals surface area (Å²) in [6, 6.07) is 5.40. The number of para-hydroxylation sites is 2. The fourth-order valence-electron chi connectivity index (χ4n) is 1.87. The molecule has 96 valence electrons. The summed E-state index contributed by atoms with van der Waals surface area (Å²) in [6.45, 7) is 0.364. The Bertz CT molecular complexity index is 476. The van der Waals surface area contributed by atoms with Crippen molar-refractivity contribution in [2.75, 3.05) is 6.54 Å². The number of aliphatic carboxylic acids is 1. The molecule has 1 aliphatic rings. The average Bonchev–Trinajstić information content (AvgIpc) is 2.78. The van der Waals surface area contributed by atoms with Gasteiger partial charge in [-0.1, -0.05) is 12.1 Å². The van der Waals surface area contributed by atoms with Crippen LogP contribution in [-0.4, -0.2) is 34.7 Å². The molecule has 1 aromatic carbocycles. The van der Waals surface area contributed by atoms with E-state index in [1.807, 2.05) is 0 Å². The lowest BCUT2D eigenvalue weighted by atomic mass is 10.2. The van der Waals surface area contributed by atoms with E-state index in [4.69, 9.17) is 9.84 Å². The molecule has 1 fully saturated rings. The van der Waals surface area contributed by atoms with Gasteiger partial charge in [-0.3, -0.25) is 14.9 Å². The molecule has 18 heavy (non-hydrogen) atoms. The molecule has 1 saturated heterocycles. The monoisotopic (exact) mass is 252 g/mol. The number of nitrogens with one attached hydrogen (secondary N) is 1. The predicted molar refractivity (Wildman–Crippen MR) is 61.6 cm³/mol. The van der Waals surface area contributed by atoms with E-state index in [-0.39, 0.29) is 17.5 Å². The average molecular weight is 252 g/mol. The van der Waals surface area contributed by atoms with Crippen LogP contribution in [0, 0.1) is 10.1 Å². The fraction of sp³-hybridized carbons (Fsp3) is 0.364. The molecule has 0 amide bonds. The molecule has 2 N–H and O–H groups in total. The molecule has 1 aromatic rings. The summed E-state index contributed by atoms with van der Waals surface area (Å²) < 4.78 is 5.48. The molecule has 0 bridgehead atoms. The second kappa shape index (κ2) is 5.01. The lowest BCUT2D eigenvalue weighted by Gasteiger charge is -2.12. The van der Waals surface area contributed by atoms with E-state index in [2.05, 4.69) is 5.32 Å². The van der Waals surface area contributed by atoms with E-state index in [9.17, 15) is 14.9 Å². The van der Waals surface area contributed by atoms with Gasteiger partial charge in [0.15, 0.2) is 5.75 Å². The van der Waals surface area contributed by atoms with Gasteiger partial charge in [0.25, 0.3) is 0 Å². The second-order valence-electron chi connectivity index (χ2n) is 4.00. The van der Waals surface area contributed by atoms with Crippen molar-refractivity contribution in [3.8, 4) is 5.75 Å². The van der Waals surface area contributed by atoms with Gasteiger partial charge in [-0.05, 0) is 6.07 Å². The summed E-state index contributed by atoms with van der Waals surface area (Å²) >= 11 is 0. The number of hydrogen-bond acceptors (Lipinski definition) is 5. The summed E-state index contributed by atoms with van der Waals surface area (Å²) in [5, 5.41) is 22.4. The summed E-state index contributed by atoms with van der Waals surface area (Å²) in [5.74, 6) is -0.774. The summed E-state index contributed by atoms with van der Waals surface area (Å²) in [7, 11) is 0. The number of nitrogens with zero attached hydrogens (tertiary/aromatic N) is 1. The van der Waals surface area contributed by atoms with Crippen molar-refractivity contribution in [3.05, 3.63) is 34.4 Å². The maximum Gasteiger partial charge on any atom is 0.320 e. The third-order valence-electron chi connectivity index (χ3n) is 2.74. The minimum atomic E-state index is -0.941. The van der Waals surface area contributed by atoms with Gasteiger partial charge in [0.1, 0.15) is 12.1 Å². The van der Waals surface area contributed by atoms with E-state index in [1.54, 1.807) is 12.1 Å². The Morgan fingerprint density at radius 1 is 1.50 bits per heavy atom. The van der Waals surface area contributed by atoms with Gasteiger partial charge in [-0.15, -0.1) is 0 Å². The third-order valence-corrected chi connectivity index (χ3v) is 2.74. The Labute approximate surface area is 103 Å². The van der Waals surface area contributed by atoms with E-state index < -0.39 is 16.9 Å². The highest BCUT2D eigenvalue weighted by molar-refractivity contribution is 5.73. The number of rotatable bonds is 4. The molecule has 1 unspecified atom stereocenters. The Kier molecular flexibility index (Phi) is 3.42. The molecule has 7 nitrogen and oxygen atoms in total. The standard InChI is InChI=1S/C11H12N2O5/c14-11(15)8-5-7(6-12-8)18-10-4-2-1-3-9(10)13(16)17/h1-4,7-8,12H,5-6H2,(H,14,15)/t7?,8-/m0/s1. The van der Waals surface area contributed by atoms with E-state index in [0.29, 0.717) is 13.0 Å². The van der Waals surface area contributed by atoms with Gasteiger partial charge in [-0.2, -0.15) is 0 Å². The maximum absolute atomic E-state index is 10.8. The van der Waals surface area contributed by atoms with Crippen molar-refractivity contribution in [2.24, 2.45) is 0 Å². The number of nitro groups is 1. The van der Waals surface area contributed by atoms with Crippen LogP contribution < -0.4 is 10.1 Å². The molecular weight excluding hydrogens is 240 g/mol. The first-order chi connectivity index (χ1) is 8.58. The highest BCUT2D eigenvalue weighted by Crippen LogP contribution is 2.28. The van der Waals surface area contributed by atoms with Crippen LogP contribution in [-0.2, 0) is 4.79 Å². The number of ether oxygens (including phenoxy) is 1. The van der Waals surface area contributed by atoms with Crippen molar-refractivity contribution < 1.29 is 19.6 Å². The van der Waals surface area contributed by atoms with Gasteiger partial charge < -0.3 is 15.2 Å². The van der Waals surface area contributed by atoms with Crippen molar-refractivity contribution in [1.29, 1.82) is 0 Å². The molecule has 7 heteroatoms. The largest absolute Gasteiger partial charge is 0.482 e. The van der Waals surface area contributed by atoms with E-state index in [1.165, 1.54) is 12.1 Å². The molecule has 1 aliphatic heterocycles. The van der Waals surface area contributed by atoms with Crippen LogP contribution >= 0.6 is 0 Å². The third kappa shape index (κ3) is 2.57. The number of benzene rings is 1. The second-order valence-corrected chi connectivity index (χ2v) is 4.00. The lowest BCUT2D eigenvalue weighted by molar-refractivity contribution is -0.386. The maximum atomic E-state index is 10.8. The normalized spacial score (nSPS) is 22.7. The molecule has 2 atom stereocenters. The molecule has 0 spiro atoms. The van der Waals surface area contributed by atoms with Crippen LogP contribution in [0.4, 0.5) is 5.69 Å². The Morgan fingerprint density at radius 2 is 2.22 bits per heavy atom. The molecule has 2 rings (SSSR count). The van der Waals surface area contributed by atoms with Crippen LogP contribution in [0.15, 0.2) is 24.3 Å². The van der Waals surface area contributed by atoms with Crippen molar-refractivity contribution in [2.45, 2.75) is 18.6 Å². The first kappa shape index (κ1) is 12.3. The number of nitro benzene ring substituents is 1. The minimum Gasteiger partial charge on any atom is -0.482 e. The lowest BCUT2D eigenvalue weighted by Crippen LogP contribution is -2.30. The van der Waals surface area contributed by atoms with E-state index in [0.717, 1.165) is 0 Å². The first-order valence-electron chi connectivity index (χ1n) is 5.44. The molecular formula is C11H12N2O5. The van der Waals surface area contributed by atoms with Gasteiger partial charge in [0.2, 0.25) is 0 Å². The van der Waals surface area contributed by atoms with Crippen LogP contribution in [0.5, 0.6) is 5.75 Å². The Hall–Kier alpha value is -2.15. The number of carboxylic acid groups (broad SMARTS) is 1. The molecule has 0 aromatic heterocycles. The van der Waals surface area contributed by atoms with Crippen LogP contribution in [0.25, 0.3) is 0 Å². The van der Waals surface area contributed by atoms with Crippen LogP contribution in [0.1, 0.15) is 6.42 Å². The zero-order valence-electron chi connectivity index (χ0n) is 9.41. The summed E-state index contributed by atoms with van der Waals surface area (Å²) in [5.41, 5.74) is -0.115. The van der Waals surface area contributed by atoms with Crippen LogP contribution in [0.2, 0.25) is 0 Å². The smallest absolute Gasteiger partial charge is 0.320 e. The summed E-state index contributed by atoms with van der Waals surface area (Å²) in [4.78, 5) is 21.0. The summed E-state index contributed by atoms with van der Waals surface area (Å²) in [6.07, 6.45) is -0.0753. The van der Waals surface area contributed by atoms with Gasteiger partial charge >= 0.3 is 11.7 Å². The highest BCUT2D eigenvalue weighted by Gasteiger charge is 2.31. The Morgan fingerprint density at radius 3 is 2.83 bits per heavy atom. The van der Waals surface area contributed by atoms with Gasteiger partial charge in [0.05, 0.1) is 4.92 Å². The topological polar surface area (TPSA) is 102 Å². The predicted octanol–water partition coefficient (Wildman–Crippen LogP) is 0.789. The number of carboxylic acids is 1.